The molecule has 3 aromatic carbocycles. The Kier molecular flexibility index (Phi) is 5.64. The average Bonchev–Trinajstić information content (AvgIpc) is 2.83. The van der Waals surface area contributed by atoms with E-state index in [1.807, 2.05) is 47.4 Å². The monoisotopic (exact) mass is 448 g/mol. The van der Waals surface area contributed by atoms with Crippen LogP contribution < -0.4 is 9.64 Å². The van der Waals surface area contributed by atoms with Gasteiger partial charge in [0, 0.05) is 47.4 Å². The summed E-state index contributed by atoms with van der Waals surface area (Å²) in [6.07, 6.45) is 0. The van der Waals surface area contributed by atoms with Crippen molar-refractivity contribution in [2.75, 3.05) is 25.2 Å². The van der Waals surface area contributed by atoms with Gasteiger partial charge >= 0.3 is 0 Å². The highest BCUT2D eigenvalue weighted by Crippen LogP contribution is 2.49. The van der Waals surface area contributed by atoms with Crippen molar-refractivity contribution in [1.82, 2.24) is 4.90 Å². The number of benzene rings is 3. The van der Waals surface area contributed by atoms with E-state index in [1.165, 1.54) is 0 Å². The number of carbonyl (C=O) groups excluding carboxylic acids is 1. The Balaban J connectivity index is 1.48. The lowest BCUT2D eigenvalue weighted by molar-refractivity contribution is -0.0488. The van der Waals surface area contributed by atoms with E-state index in [0.29, 0.717) is 18.7 Å². The smallest absolute Gasteiger partial charge is 0.258 e. The third kappa shape index (κ3) is 3.47. The number of nitrogens with zero attached hydrogens (tertiary/aromatic N) is 2. The fourth-order valence-corrected chi connectivity index (χ4v) is 5.30. The van der Waals surface area contributed by atoms with Crippen LogP contribution in [0.25, 0.3) is 0 Å². The Bertz CT molecular complexity index is 1130. The molecule has 2 aliphatic heterocycles. The largest absolute Gasteiger partial charge is 0.497 e. The van der Waals surface area contributed by atoms with Gasteiger partial charge in [-0.1, -0.05) is 48.0 Å². The number of amides is 1. The second-order valence-corrected chi connectivity index (χ2v) is 8.72. The number of aliphatic hydroxyl groups excluding tert-OH is 1. The molecular weight excluding hydrogens is 424 g/mol. The molecule has 0 radical (unpaired) electrons. The van der Waals surface area contributed by atoms with Crippen LogP contribution >= 0.6 is 11.6 Å². The predicted molar refractivity (Wildman–Crippen MR) is 126 cm³/mol. The van der Waals surface area contributed by atoms with Crippen LogP contribution in [0.1, 0.15) is 27.4 Å². The number of anilines is 1. The maximum atomic E-state index is 13.5. The molecule has 0 aliphatic carbocycles. The number of hydrogen-bond donors (Lipinski definition) is 1. The van der Waals surface area contributed by atoms with Gasteiger partial charge in [0.25, 0.3) is 5.91 Å². The van der Waals surface area contributed by atoms with Gasteiger partial charge in [-0.05, 0) is 47.5 Å². The van der Waals surface area contributed by atoms with Crippen molar-refractivity contribution in [3.8, 4) is 5.75 Å². The molecule has 5 rings (SSSR count). The molecular formula is C26H25ClN2O3. The topological polar surface area (TPSA) is 53.0 Å². The van der Waals surface area contributed by atoms with Crippen molar-refractivity contribution >= 4 is 23.2 Å². The number of ether oxygens (including phenoxy) is 1. The molecule has 2 heterocycles. The van der Waals surface area contributed by atoms with E-state index >= 15 is 0 Å². The molecule has 164 valence electrons. The third-order valence-electron chi connectivity index (χ3n) is 6.72. The van der Waals surface area contributed by atoms with E-state index in [2.05, 4.69) is 11.0 Å². The third-order valence-corrected chi connectivity index (χ3v) is 7.09. The zero-order valence-electron chi connectivity index (χ0n) is 17.8. The molecule has 5 nitrogen and oxygen atoms in total. The lowest BCUT2D eigenvalue weighted by Crippen LogP contribution is -2.68. The van der Waals surface area contributed by atoms with E-state index in [9.17, 15) is 9.90 Å². The highest BCUT2D eigenvalue weighted by molar-refractivity contribution is 6.31. The van der Waals surface area contributed by atoms with Crippen molar-refractivity contribution in [2.45, 2.75) is 24.5 Å². The number of hydrogen-bond acceptors (Lipinski definition) is 4. The standard InChI is InChI=1S/C26H25ClN2O3/c1-32-19-12-10-17(11-13-19)26(31)29-15-23-25(20-7-3-5-9-22(20)29)24(16-30)28(23)14-18-6-2-4-8-21(18)27/h2-13,23-25,30H,14-16H2,1H3/t23-,24-,25+/m0/s1. The van der Waals surface area contributed by atoms with Gasteiger partial charge in [-0.3, -0.25) is 9.69 Å². The van der Waals surface area contributed by atoms with Crippen LogP contribution in [0.5, 0.6) is 5.75 Å². The summed E-state index contributed by atoms with van der Waals surface area (Å²) in [6, 6.07) is 23.2. The van der Waals surface area contributed by atoms with Crippen molar-refractivity contribution in [2.24, 2.45) is 0 Å². The zero-order chi connectivity index (χ0) is 22.2. The van der Waals surface area contributed by atoms with E-state index in [-0.39, 0.29) is 30.5 Å². The zero-order valence-corrected chi connectivity index (χ0v) is 18.6. The lowest BCUT2D eigenvalue weighted by atomic mass is 9.71. The van der Waals surface area contributed by atoms with Crippen LogP contribution in [0.3, 0.4) is 0 Å². The molecule has 1 amide bonds. The fourth-order valence-electron chi connectivity index (χ4n) is 5.11. The molecule has 1 saturated heterocycles. The number of halogens is 1. The second-order valence-electron chi connectivity index (χ2n) is 8.31. The molecule has 3 aromatic rings. The van der Waals surface area contributed by atoms with Crippen LogP contribution in [0, 0.1) is 0 Å². The molecule has 1 fully saturated rings. The maximum absolute atomic E-state index is 13.5. The summed E-state index contributed by atoms with van der Waals surface area (Å²) < 4.78 is 5.23. The number of methoxy groups -OCH3 is 1. The van der Waals surface area contributed by atoms with Gasteiger partial charge in [0.05, 0.1) is 13.7 Å². The van der Waals surface area contributed by atoms with Gasteiger partial charge in [-0.15, -0.1) is 0 Å². The average molecular weight is 449 g/mol. The van der Waals surface area contributed by atoms with Gasteiger partial charge in [-0.25, -0.2) is 0 Å². The normalized spacial score (nSPS) is 22.0. The first kappa shape index (κ1) is 21.0. The van der Waals surface area contributed by atoms with E-state index in [4.69, 9.17) is 16.3 Å². The molecule has 0 unspecified atom stereocenters. The molecule has 0 bridgehead atoms. The van der Waals surface area contributed by atoms with Crippen LogP contribution in [-0.4, -0.2) is 48.3 Å². The summed E-state index contributed by atoms with van der Waals surface area (Å²) in [5.74, 6) is 0.860. The Labute approximate surface area is 192 Å². The van der Waals surface area contributed by atoms with Crippen LogP contribution in [0.2, 0.25) is 5.02 Å². The Morgan fingerprint density at radius 3 is 2.50 bits per heavy atom. The first-order valence-electron chi connectivity index (χ1n) is 10.8. The van der Waals surface area contributed by atoms with E-state index in [1.54, 1.807) is 31.4 Å². The molecule has 6 heteroatoms. The predicted octanol–water partition coefficient (Wildman–Crippen LogP) is 4.34. The van der Waals surface area contributed by atoms with Crippen molar-refractivity contribution in [3.05, 3.63) is 94.5 Å². The van der Waals surface area contributed by atoms with Crippen LogP contribution in [-0.2, 0) is 6.54 Å². The number of likely N-dealkylation sites (tertiary alicyclic amines) is 1. The van der Waals surface area contributed by atoms with Gasteiger partial charge in [-0.2, -0.15) is 0 Å². The molecule has 2 aliphatic rings. The number of fused-ring (bicyclic) bond motifs is 3. The molecule has 0 saturated carbocycles. The van der Waals surface area contributed by atoms with Gasteiger partial charge < -0.3 is 14.7 Å². The highest BCUT2D eigenvalue weighted by Gasteiger charge is 2.53. The van der Waals surface area contributed by atoms with Crippen molar-refractivity contribution in [3.63, 3.8) is 0 Å². The molecule has 32 heavy (non-hydrogen) atoms. The second kappa shape index (κ2) is 8.58. The Morgan fingerprint density at radius 2 is 1.78 bits per heavy atom. The molecule has 1 N–H and O–H groups in total. The molecule has 0 aromatic heterocycles. The minimum atomic E-state index is -0.0382. The van der Waals surface area contributed by atoms with Crippen LogP contribution in [0.4, 0.5) is 5.69 Å². The SMILES string of the molecule is COc1ccc(C(=O)N2C[C@H]3[C@@H](c4ccccc42)[C@H](CO)N3Cc2ccccc2Cl)cc1. The number of rotatable bonds is 5. The lowest BCUT2D eigenvalue weighted by Gasteiger charge is -2.59. The summed E-state index contributed by atoms with van der Waals surface area (Å²) in [7, 11) is 1.61. The molecule has 0 spiro atoms. The first-order chi connectivity index (χ1) is 15.6. The maximum Gasteiger partial charge on any atom is 0.258 e. The van der Waals surface area contributed by atoms with Crippen molar-refractivity contribution < 1.29 is 14.6 Å². The Morgan fingerprint density at radius 1 is 1.06 bits per heavy atom. The minimum absolute atomic E-state index is 0.00402. The van der Waals surface area contributed by atoms with E-state index in [0.717, 1.165) is 27.6 Å². The summed E-state index contributed by atoms with van der Waals surface area (Å²) >= 11 is 6.42. The quantitative estimate of drug-likeness (QED) is 0.631. The summed E-state index contributed by atoms with van der Waals surface area (Å²) in [4.78, 5) is 17.6. The number of para-hydroxylation sites is 1. The number of aliphatic hydroxyl groups is 1. The first-order valence-corrected chi connectivity index (χ1v) is 11.1. The Hall–Kier alpha value is -2.86. The van der Waals surface area contributed by atoms with Crippen molar-refractivity contribution in [1.29, 1.82) is 0 Å². The van der Waals surface area contributed by atoms with Gasteiger partial charge in [0.2, 0.25) is 0 Å². The number of carbonyl (C=O) groups is 1. The van der Waals surface area contributed by atoms with Gasteiger partial charge in [0.1, 0.15) is 5.75 Å². The summed E-state index contributed by atoms with van der Waals surface area (Å²) in [5.41, 5.74) is 3.68. The van der Waals surface area contributed by atoms with Gasteiger partial charge in [0.15, 0.2) is 0 Å². The fraction of sp³-hybridized carbons (Fsp3) is 0.269. The summed E-state index contributed by atoms with van der Waals surface area (Å²) in [5, 5.41) is 10.9. The van der Waals surface area contributed by atoms with E-state index < -0.39 is 0 Å². The minimum Gasteiger partial charge on any atom is -0.497 e. The highest BCUT2D eigenvalue weighted by atomic mass is 35.5. The summed E-state index contributed by atoms with van der Waals surface area (Å²) in [6.45, 7) is 1.26. The van der Waals surface area contributed by atoms with Crippen LogP contribution in [0.15, 0.2) is 72.8 Å². The molecule has 3 atom stereocenters.